The van der Waals surface area contributed by atoms with Crippen molar-refractivity contribution in [3.8, 4) is 11.8 Å². The van der Waals surface area contributed by atoms with E-state index in [0.717, 1.165) is 21.3 Å². The summed E-state index contributed by atoms with van der Waals surface area (Å²) in [6, 6.07) is 15.8. The van der Waals surface area contributed by atoms with Gasteiger partial charge in [0.25, 0.3) is 5.56 Å². The normalized spacial score (nSPS) is 11.2. The number of nitrogens with zero attached hydrogens (tertiary/aromatic N) is 4. The zero-order valence-corrected chi connectivity index (χ0v) is 16.8. The largest absolute Gasteiger partial charge is 0.425 e. The van der Waals surface area contributed by atoms with Crippen LogP contribution in [-0.4, -0.2) is 18.7 Å². The van der Waals surface area contributed by atoms with Crippen molar-refractivity contribution in [1.29, 1.82) is 0 Å². The summed E-state index contributed by atoms with van der Waals surface area (Å²) in [5.74, 6) is 0.625. The molecule has 2 heterocycles. The van der Waals surface area contributed by atoms with Crippen LogP contribution in [0.3, 0.4) is 0 Å². The summed E-state index contributed by atoms with van der Waals surface area (Å²) in [7, 11) is 3.07. The molecule has 0 radical (unpaired) electrons. The van der Waals surface area contributed by atoms with Crippen LogP contribution < -0.4 is 16.0 Å². The van der Waals surface area contributed by atoms with Crippen LogP contribution >= 0.6 is 0 Å². The van der Waals surface area contributed by atoms with E-state index >= 15 is 0 Å². The van der Waals surface area contributed by atoms with Crippen molar-refractivity contribution in [3.63, 3.8) is 0 Å². The highest BCUT2D eigenvalue weighted by Crippen LogP contribution is 2.26. The highest BCUT2D eigenvalue weighted by atomic mass is 16.5. The highest BCUT2D eigenvalue weighted by Gasteiger charge is 2.21. The van der Waals surface area contributed by atoms with Crippen molar-refractivity contribution >= 4 is 11.2 Å². The molecule has 0 saturated carbocycles. The van der Waals surface area contributed by atoms with Crippen LogP contribution in [0.4, 0.5) is 0 Å². The molecular weight excluding hydrogens is 368 g/mol. The van der Waals surface area contributed by atoms with E-state index in [0.29, 0.717) is 23.5 Å². The number of aryl methyl sites for hydroxylation is 3. The molecule has 0 amide bonds. The van der Waals surface area contributed by atoms with Crippen LogP contribution in [-0.2, 0) is 20.6 Å². The molecule has 0 N–H and O–H groups in total. The van der Waals surface area contributed by atoms with Gasteiger partial charge in [0, 0.05) is 14.1 Å². The monoisotopic (exact) mass is 390 g/mol. The SMILES string of the molecule is Cc1ccc(Oc2nc3c(c(=O)n(C)c(=O)n3C)n2Cc2ccccc2)cc1C. The van der Waals surface area contributed by atoms with Crippen molar-refractivity contribution < 1.29 is 4.74 Å². The van der Waals surface area contributed by atoms with Crippen LogP contribution in [0.2, 0.25) is 0 Å². The number of benzene rings is 2. The summed E-state index contributed by atoms with van der Waals surface area (Å²) in [5, 5.41) is 0. The predicted molar refractivity (Wildman–Crippen MR) is 112 cm³/mol. The van der Waals surface area contributed by atoms with Crippen LogP contribution in [0.15, 0.2) is 58.1 Å². The van der Waals surface area contributed by atoms with Gasteiger partial charge in [0.05, 0.1) is 6.54 Å². The van der Waals surface area contributed by atoms with Crippen molar-refractivity contribution in [2.75, 3.05) is 0 Å². The van der Waals surface area contributed by atoms with E-state index in [1.54, 1.807) is 11.6 Å². The van der Waals surface area contributed by atoms with E-state index in [-0.39, 0.29) is 6.01 Å². The molecule has 2 aromatic heterocycles. The molecule has 0 aliphatic heterocycles. The van der Waals surface area contributed by atoms with Gasteiger partial charge in [-0.15, -0.1) is 0 Å². The Morgan fingerprint density at radius 3 is 2.34 bits per heavy atom. The van der Waals surface area contributed by atoms with Crippen LogP contribution in [0.5, 0.6) is 11.8 Å². The van der Waals surface area contributed by atoms with Crippen molar-refractivity contribution in [2.24, 2.45) is 14.1 Å². The fraction of sp³-hybridized carbons (Fsp3) is 0.227. The third kappa shape index (κ3) is 3.24. The Morgan fingerprint density at radius 1 is 0.931 bits per heavy atom. The number of rotatable bonds is 4. The summed E-state index contributed by atoms with van der Waals surface area (Å²) < 4.78 is 10.3. The van der Waals surface area contributed by atoms with E-state index < -0.39 is 11.2 Å². The second kappa shape index (κ2) is 7.09. The highest BCUT2D eigenvalue weighted by molar-refractivity contribution is 5.72. The maximum Gasteiger partial charge on any atom is 0.332 e. The summed E-state index contributed by atoms with van der Waals surface area (Å²) in [5.41, 5.74) is 3.05. The minimum absolute atomic E-state index is 0.269. The van der Waals surface area contributed by atoms with Gasteiger partial charge in [-0.1, -0.05) is 36.4 Å². The lowest BCUT2D eigenvalue weighted by molar-refractivity contribution is 0.420. The average Bonchev–Trinajstić information content (AvgIpc) is 3.06. The van der Waals surface area contributed by atoms with Gasteiger partial charge in [0.1, 0.15) is 5.75 Å². The summed E-state index contributed by atoms with van der Waals surface area (Å²) in [6.45, 7) is 4.43. The van der Waals surface area contributed by atoms with Gasteiger partial charge in [-0.05, 0) is 42.7 Å². The number of fused-ring (bicyclic) bond motifs is 1. The molecule has 7 heteroatoms. The van der Waals surface area contributed by atoms with E-state index in [2.05, 4.69) is 4.98 Å². The molecule has 0 aliphatic carbocycles. The molecule has 0 aliphatic rings. The van der Waals surface area contributed by atoms with Crippen LogP contribution in [0, 0.1) is 13.8 Å². The molecule has 0 unspecified atom stereocenters. The first kappa shape index (κ1) is 18.7. The Bertz CT molecular complexity index is 1330. The third-order valence-corrected chi connectivity index (χ3v) is 5.18. The fourth-order valence-corrected chi connectivity index (χ4v) is 3.30. The number of hydrogen-bond donors (Lipinski definition) is 0. The second-order valence-electron chi connectivity index (χ2n) is 7.19. The Kier molecular flexibility index (Phi) is 4.58. The Hall–Kier alpha value is -3.61. The first-order valence-corrected chi connectivity index (χ1v) is 9.32. The minimum Gasteiger partial charge on any atom is -0.425 e. The lowest BCUT2D eigenvalue weighted by Gasteiger charge is -2.11. The van der Waals surface area contributed by atoms with Crippen molar-refractivity contribution in [3.05, 3.63) is 86.1 Å². The van der Waals surface area contributed by atoms with Crippen molar-refractivity contribution in [1.82, 2.24) is 18.7 Å². The summed E-state index contributed by atoms with van der Waals surface area (Å²) in [4.78, 5) is 29.8. The maximum absolute atomic E-state index is 12.9. The van der Waals surface area contributed by atoms with Gasteiger partial charge in [-0.3, -0.25) is 18.5 Å². The lowest BCUT2D eigenvalue weighted by Crippen LogP contribution is -2.37. The fourth-order valence-electron chi connectivity index (χ4n) is 3.30. The molecule has 0 atom stereocenters. The van der Waals surface area contributed by atoms with Gasteiger partial charge in [-0.25, -0.2) is 4.79 Å². The van der Waals surface area contributed by atoms with Gasteiger partial charge in [-0.2, -0.15) is 4.98 Å². The standard InChI is InChI=1S/C22H22N4O3/c1-14-10-11-17(12-15(14)2)29-21-23-19-18(20(27)25(4)22(28)24(19)3)26(21)13-16-8-6-5-7-9-16/h5-12H,13H2,1-4H3. The Morgan fingerprint density at radius 2 is 1.66 bits per heavy atom. The van der Waals surface area contributed by atoms with Crippen molar-refractivity contribution in [2.45, 2.75) is 20.4 Å². The number of ether oxygens (including phenoxy) is 1. The van der Waals surface area contributed by atoms with Gasteiger partial charge < -0.3 is 4.74 Å². The van der Waals surface area contributed by atoms with E-state index in [1.807, 2.05) is 62.4 Å². The average molecular weight is 390 g/mol. The molecule has 7 nitrogen and oxygen atoms in total. The van der Waals surface area contributed by atoms with E-state index in [1.165, 1.54) is 11.6 Å². The van der Waals surface area contributed by atoms with E-state index in [4.69, 9.17) is 4.74 Å². The predicted octanol–water partition coefficient (Wildman–Crippen LogP) is 2.89. The molecular formula is C22H22N4O3. The number of imidazole rings is 1. The topological polar surface area (TPSA) is 71.1 Å². The third-order valence-electron chi connectivity index (χ3n) is 5.18. The molecule has 0 spiro atoms. The molecule has 29 heavy (non-hydrogen) atoms. The molecule has 0 bridgehead atoms. The smallest absolute Gasteiger partial charge is 0.332 e. The van der Waals surface area contributed by atoms with Gasteiger partial charge >= 0.3 is 11.7 Å². The zero-order chi connectivity index (χ0) is 20.7. The Balaban J connectivity index is 1.94. The van der Waals surface area contributed by atoms with Crippen LogP contribution in [0.1, 0.15) is 16.7 Å². The summed E-state index contributed by atoms with van der Waals surface area (Å²) in [6.07, 6.45) is 0. The van der Waals surface area contributed by atoms with Gasteiger partial charge in [0.15, 0.2) is 11.2 Å². The molecule has 0 fully saturated rings. The second-order valence-corrected chi connectivity index (χ2v) is 7.19. The molecule has 4 rings (SSSR count). The quantitative estimate of drug-likeness (QED) is 0.537. The minimum atomic E-state index is -0.426. The molecule has 0 saturated heterocycles. The maximum atomic E-state index is 12.9. The lowest BCUT2D eigenvalue weighted by atomic mass is 10.1. The van der Waals surface area contributed by atoms with Crippen LogP contribution in [0.25, 0.3) is 11.2 Å². The van der Waals surface area contributed by atoms with Gasteiger partial charge in [0.2, 0.25) is 0 Å². The number of aromatic nitrogens is 4. The molecule has 148 valence electrons. The number of hydrogen-bond acceptors (Lipinski definition) is 4. The first-order chi connectivity index (χ1) is 13.9. The first-order valence-electron chi connectivity index (χ1n) is 9.32. The molecule has 4 aromatic rings. The van der Waals surface area contributed by atoms with E-state index in [9.17, 15) is 9.59 Å². The zero-order valence-electron chi connectivity index (χ0n) is 16.8. The summed E-state index contributed by atoms with van der Waals surface area (Å²) >= 11 is 0. The Labute approximate surface area is 167 Å². The molecule has 2 aromatic carbocycles.